The van der Waals surface area contributed by atoms with Crippen LogP contribution in [0.5, 0.6) is 5.75 Å². The molecule has 5 nitrogen and oxygen atoms in total. The second-order valence-corrected chi connectivity index (χ2v) is 6.93. The van der Waals surface area contributed by atoms with E-state index >= 15 is 0 Å². The number of carbonyl (C=O) groups excluding carboxylic acids is 1. The molecule has 0 aliphatic carbocycles. The Morgan fingerprint density at radius 1 is 1.15 bits per heavy atom. The van der Waals surface area contributed by atoms with Crippen molar-refractivity contribution in [2.45, 2.75) is 6.92 Å². The van der Waals surface area contributed by atoms with Crippen LogP contribution in [-0.2, 0) is 0 Å². The van der Waals surface area contributed by atoms with Gasteiger partial charge in [-0.05, 0) is 31.2 Å². The van der Waals surface area contributed by atoms with E-state index in [1.807, 2.05) is 54.8 Å². The number of para-hydroxylation sites is 1. The third kappa shape index (κ3) is 3.39. The number of rotatable bonds is 4. The van der Waals surface area contributed by atoms with Crippen LogP contribution in [0.3, 0.4) is 0 Å². The maximum Gasteiger partial charge on any atom is 0.258 e. The Balaban J connectivity index is 1.63. The van der Waals surface area contributed by atoms with Crippen LogP contribution in [0.15, 0.2) is 60.1 Å². The molecule has 4 aromatic rings. The molecule has 0 spiro atoms. The normalized spacial score (nSPS) is 10.7. The lowest BCUT2D eigenvalue weighted by Crippen LogP contribution is -2.12. The number of fused-ring (bicyclic) bond motifs is 1. The average molecular weight is 375 g/mol. The van der Waals surface area contributed by atoms with Crippen LogP contribution in [0.2, 0.25) is 0 Å². The van der Waals surface area contributed by atoms with E-state index in [1.54, 1.807) is 19.4 Å². The van der Waals surface area contributed by atoms with Crippen molar-refractivity contribution in [3.05, 3.63) is 71.2 Å². The lowest BCUT2D eigenvalue weighted by atomic mass is 10.1. The van der Waals surface area contributed by atoms with Gasteiger partial charge in [-0.15, -0.1) is 11.3 Å². The fourth-order valence-corrected chi connectivity index (χ4v) is 3.64. The van der Waals surface area contributed by atoms with E-state index in [0.717, 1.165) is 33.5 Å². The zero-order valence-electron chi connectivity index (χ0n) is 14.9. The molecular weight excluding hydrogens is 358 g/mol. The number of methoxy groups -OCH3 is 1. The molecule has 1 amide bonds. The van der Waals surface area contributed by atoms with E-state index in [0.29, 0.717) is 10.7 Å². The van der Waals surface area contributed by atoms with Crippen molar-refractivity contribution in [3.63, 3.8) is 0 Å². The Morgan fingerprint density at radius 3 is 2.85 bits per heavy atom. The smallest absolute Gasteiger partial charge is 0.258 e. The number of ether oxygens (including phenoxy) is 1. The first-order chi connectivity index (χ1) is 13.2. The summed E-state index contributed by atoms with van der Waals surface area (Å²) in [5, 5.41) is 6.16. The highest BCUT2D eigenvalue weighted by Crippen LogP contribution is 2.33. The lowest BCUT2D eigenvalue weighted by molar-refractivity contribution is 0.102. The van der Waals surface area contributed by atoms with E-state index in [1.165, 1.54) is 11.3 Å². The summed E-state index contributed by atoms with van der Waals surface area (Å²) < 4.78 is 5.43. The molecule has 0 aliphatic heterocycles. The van der Waals surface area contributed by atoms with Crippen LogP contribution in [0.4, 0.5) is 5.13 Å². The molecule has 27 heavy (non-hydrogen) atoms. The predicted octanol–water partition coefficient (Wildman–Crippen LogP) is 4.93. The van der Waals surface area contributed by atoms with E-state index < -0.39 is 0 Å². The summed E-state index contributed by atoms with van der Waals surface area (Å²) in [6.45, 7) is 2.02. The van der Waals surface area contributed by atoms with Gasteiger partial charge in [0.1, 0.15) is 5.75 Å². The number of pyridine rings is 1. The molecule has 0 radical (unpaired) electrons. The molecule has 1 N–H and O–H groups in total. The van der Waals surface area contributed by atoms with Crippen LogP contribution in [0.25, 0.3) is 22.2 Å². The molecule has 2 aromatic heterocycles. The summed E-state index contributed by atoms with van der Waals surface area (Å²) >= 11 is 1.38. The number of aromatic nitrogens is 2. The van der Waals surface area contributed by atoms with Gasteiger partial charge in [0.2, 0.25) is 0 Å². The first-order valence-corrected chi connectivity index (χ1v) is 9.29. The number of hydrogen-bond donors (Lipinski definition) is 1. The number of amides is 1. The third-order valence-corrected chi connectivity index (χ3v) is 5.01. The number of anilines is 1. The molecule has 0 saturated carbocycles. The monoisotopic (exact) mass is 375 g/mol. The fourth-order valence-electron chi connectivity index (χ4n) is 2.94. The van der Waals surface area contributed by atoms with Crippen molar-refractivity contribution in [3.8, 4) is 17.0 Å². The van der Waals surface area contributed by atoms with Gasteiger partial charge in [0.15, 0.2) is 5.13 Å². The van der Waals surface area contributed by atoms with Crippen molar-refractivity contribution in [1.29, 1.82) is 0 Å². The molecule has 2 heterocycles. The average Bonchev–Trinajstić information content (AvgIpc) is 3.15. The summed E-state index contributed by atoms with van der Waals surface area (Å²) in [6, 6.07) is 15.2. The first kappa shape index (κ1) is 17.2. The number of carbonyl (C=O) groups is 1. The van der Waals surface area contributed by atoms with Gasteiger partial charge in [0, 0.05) is 22.5 Å². The topological polar surface area (TPSA) is 64.1 Å². The Hall–Kier alpha value is -3.25. The number of aryl methyl sites for hydroxylation is 1. The van der Waals surface area contributed by atoms with Gasteiger partial charge >= 0.3 is 0 Å². The second kappa shape index (κ2) is 7.17. The molecule has 4 rings (SSSR count). The number of nitrogens with one attached hydrogen (secondary N) is 1. The van der Waals surface area contributed by atoms with Crippen molar-refractivity contribution in [2.24, 2.45) is 0 Å². The summed E-state index contributed by atoms with van der Waals surface area (Å²) in [7, 11) is 1.64. The minimum atomic E-state index is -0.203. The van der Waals surface area contributed by atoms with Crippen molar-refractivity contribution < 1.29 is 9.53 Å². The summed E-state index contributed by atoms with van der Waals surface area (Å²) in [5.41, 5.74) is 4.16. The van der Waals surface area contributed by atoms with Crippen LogP contribution in [-0.4, -0.2) is 23.0 Å². The largest absolute Gasteiger partial charge is 0.496 e. The molecule has 0 fully saturated rings. The maximum absolute atomic E-state index is 12.8. The lowest BCUT2D eigenvalue weighted by Gasteiger charge is -2.07. The number of thiazole rings is 1. The molecule has 0 bridgehead atoms. The number of benzene rings is 2. The molecule has 0 atom stereocenters. The molecule has 0 saturated heterocycles. The Bertz CT molecular complexity index is 1130. The summed E-state index contributed by atoms with van der Waals surface area (Å²) in [6.07, 6.45) is 1.64. The predicted molar refractivity (Wildman–Crippen MR) is 109 cm³/mol. The van der Waals surface area contributed by atoms with E-state index in [9.17, 15) is 4.79 Å². The number of hydrogen-bond acceptors (Lipinski definition) is 5. The molecule has 134 valence electrons. The highest BCUT2D eigenvalue weighted by molar-refractivity contribution is 7.14. The highest BCUT2D eigenvalue weighted by atomic mass is 32.1. The Labute approximate surface area is 160 Å². The second-order valence-electron chi connectivity index (χ2n) is 6.07. The van der Waals surface area contributed by atoms with E-state index in [-0.39, 0.29) is 5.91 Å². The molecule has 2 aromatic carbocycles. The minimum Gasteiger partial charge on any atom is -0.496 e. The molecule has 6 heteroatoms. The van der Waals surface area contributed by atoms with Crippen LogP contribution in [0, 0.1) is 6.92 Å². The SMILES string of the molecule is COc1ccc(C)cc1-c1csc(NC(=O)c2ccnc3ccccc23)n1. The zero-order valence-corrected chi connectivity index (χ0v) is 15.7. The third-order valence-electron chi connectivity index (χ3n) is 4.25. The number of nitrogens with zero attached hydrogens (tertiary/aromatic N) is 2. The highest BCUT2D eigenvalue weighted by Gasteiger charge is 2.14. The standard InChI is InChI=1S/C21H17N3O2S/c1-13-7-8-19(26-2)16(11-13)18-12-27-21(23-18)24-20(25)15-9-10-22-17-6-4-3-5-14(15)17/h3-12H,1-2H3,(H,23,24,25). The van der Waals surface area contributed by atoms with E-state index in [4.69, 9.17) is 4.74 Å². The fraction of sp³-hybridized carbons (Fsp3) is 0.0952. The zero-order chi connectivity index (χ0) is 18.8. The minimum absolute atomic E-state index is 0.203. The van der Waals surface area contributed by atoms with Crippen LogP contribution < -0.4 is 10.1 Å². The molecule has 0 unspecified atom stereocenters. The first-order valence-electron chi connectivity index (χ1n) is 8.41. The van der Waals surface area contributed by atoms with Gasteiger partial charge in [0.05, 0.1) is 23.9 Å². The van der Waals surface area contributed by atoms with Crippen molar-refractivity contribution in [2.75, 3.05) is 12.4 Å². The summed E-state index contributed by atoms with van der Waals surface area (Å²) in [5.74, 6) is 0.551. The van der Waals surface area contributed by atoms with Crippen molar-refractivity contribution >= 4 is 33.3 Å². The van der Waals surface area contributed by atoms with Crippen molar-refractivity contribution in [1.82, 2.24) is 9.97 Å². The van der Waals surface area contributed by atoms with Crippen LogP contribution in [0.1, 0.15) is 15.9 Å². The van der Waals surface area contributed by atoms with Gasteiger partial charge in [0.25, 0.3) is 5.91 Å². The van der Waals surface area contributed by atoms with E-state index in [2.05, 4.69) is 15.3 Å². The van der Waals surface area contributed by atoms with Gasteiger partial charge in [-0.25, -0.2) is 4.98 Å². The van der Waals surface area contributed by atoms with Gasteiger partial charge in [-0.2, -0.15) is 0 Å². The van der Waals surface area contributed by atoms with Crippen LogP contribution >= 0.6 is 11.3 Å². The maximum atomic E-state index is 12.8. The van der Waals surface area contributed by atoms with Gasteiger partial charge in [-0.1, -0.05) is 29.8 Å². The Kier molecular flexibility index (Phi) is 4.56. The molecular formula is C21H17N3O2S. The summed E-state index contributed by atoms with van der Waals surface area (Å²) in [4.78, 5) is 21.6. The quantitative estimate of drug-likeness (QED) is 0.549. The van der Waals surface area contributed by atoms with Gasteiger partial charge in [-0.3, -0.25) is 15.1 Å². The Morgan fingerprint density at radius 2 is 2.00 bits per heavy atom. The molecule has 0 aliphatic rings. The van der Waals surface area contributed by atoms with Gasteiger partial charge < -0.3 is 4.74 Å².